The van der Waals surface area contributed by atoms with Gasteiger partial charge in [0.05, 0.1) is 17.6 Å². The van der Waals surface area contributed by atoms with Crippen LogP contribution < -0.4 is 16.1 Å². The summed E-state index contributed by atoms with van der Waals surface area (Å²) in [6, 6.07) is 3.23. The van der Waals surface area contributed by atoms with E-state index in [0.29, 0.717) is 18.3 Å². The zero-order chi connectivity index (χ0) is 33.0. The highest BCUT2D eigenvalue weighted by Crippen LogP contribution is 2.46. The first-order valence-electron chi connectivity index (χ1n) is 15.4. The van der Waals surface area contributed by atoms with E-state index in [2.05, 4.69) is 10.6 Å². The standard InChI is InChI=1S/C31H42BN3O9S/c1-5-42-28(38)31-18-20(31)11-9-7-6-8-10-12-24(33-29(39)43-30(2,3)4)27(37)35-19-22(17-25(35)26(36)34-31)44-45(40,41)23-15-13-21(32)14-16-23/h9,11,13-16,20,22,24-25H,5-8,10,12,17-19H2,1-4H3,(H,33,39)(H,34,36)/b11-9-/t20-,22+,24+,25+,31-/m1/s1. The van der Waals surface area contributed by atoms with Crippen molar-refractivity contribution in [2.45, 2.75) is 107 Å². The molecule has 0 bridgehead atoms. The lowest BCUT2D eigenvalue weighted by molar-refractivity contribution is -0.150. The number of rotatable bonds is 6. The summed E-state index contributed by atoms with van der Waals surface area (Å²) in [7, 11) is 1.41. The molecule has 3 aliphatic rings. The summed E-state index contributed by atoms with van der Waals surface area (Å²) >= 11 is 0. The minimum Gasteiger partial charge on any atom is -0.464 e. The first kappa shape index (κ1) is 34.5. The van der Waals surface area contributed by atoms with Gasteiger partial charge < -0.3 is 25.0 Å². The smallest absolute Gasteiger partial charge is 0.408 e. The number of benzene rings is 1. The van der Waals surface area contributed by atoms with Crippen LogP contribution >= 0.6 is 0 Å². The summed E-state index contributed by atoms with van der Waals surface area (Å²) in [6.45, 7) is 6.66. The van der Waals surface area contributed by atoms with Crippen molar-refractivity contribution in [2.24, 2.45) is 5.92 Å². The normalized spacial score (nSPS) is 28.4. The molecule has 1 aromatic rings. The van der Waals surface area contributed by atoms with Crippen LogP contribution in [-0.2, 0) is 38.2 Å². The van der Waals surface area contributed by atoms with Crippen molar-refractivity contribution in [3.05, 3.63) is 36.4 Å². The maximum Gasteiger partial charge on any atom is 0.408 e. The molecule has 45 heavy (non-hydrogen) atoms. The monoisotopic (exact) mass is 643 g/mol. The minimum atomic E-state index is -4.28. The molecule has 3 amide bonds. The Bertz CT molecular complexity index is 1410. The number of hydrogen-bond donors (Lipinski definition) is 2. The molecule has 14 heteroatoms. The number of hydrogen-bond acceptors (Lipinski definition) is 9. The third kappa shape index (κ3) is 8.66. The molecule has 2 heterocycles. The van der Waals surface area contributed by atoms with Crippen LogP contribution in [0.15, 0.2) is 41.3 Å². The van der Waals surface area contributed by atoms with Gasteiger partial charge in [0.1, 0.15) is 31.1 Å². The number of carbonyl (C=O) groups excluding carboxylic acids is 4. The molecule has 2 fully saturated rings. The van der Waals surface area contributed by atoms with Crippen molar-refractivity contribution >= 4 is 47.3 Å². The van der Waals surface area contributed by atoms with Gasteiger partial charge in [0.25, 0.3) is 10.1 Å². The molecule has 5 atom stereocenters. The van der Waals surface area contributed by atoms with Crippen molar-refractivity contribution < 1.29 is 41.3 Å². The fraction of sp³-hybridized carbons (Fsp3) is 0.613. The Kier molecular flexibility index (Phi) is 10.7. The van der Waals surface area contributed by atoms with Crippen molar-refractivity contribution in [3.8, 4) is 0 Å². The van der Waals surface area contributed by atoms with Gasteiger partial charge >= 0.3 is 12.1 Å². The van der Waals surface area contributed by atoms with Crippen LogP contribution in [0, 0.1) is 5.92 Å². The minimum absolute atomic E-state index is 0.123. The average molecular weight is 644 g/mol. The lowest BCUT2D eigenvalue weighted by atomic mass is 9.97. The van der Waals surface area contributed by atoms with Crippen LogP contribution in [-0.4, -0.2) is 87.5 Å². The number of ether oxygens (including phenoxy) is 2. The Labute approximate surface area is 266 Å². The van der Waals surface area contributed by atoms with Gasteiger partial charge in [-0.1, -0.05) is 42.6 Å². The van der Waals surface area contributed by atoms with E-state index in [-0.39, 0.29) is 36.8 Å². The summed E-state index contributed by atoms with van der Waals surface area (Å²) in [5, 5.41) is 5.49. The van der Waals surface area contributed by atoms with Gasteiger partial charge in [-0.05, 0) is 65.5 Å². The number of nitrogens with one attached hydrogen (secondary N) is 2. The Morgan fingerprint density at radius 1 is 1.13 bits per heavy atom. The predicted octanol–water partition coefficient (Wildman–Crippen LogP) is 2.01. The molecule has 1 saturated heterocycles. The highest BCUT2D eigenvalue weighted by atomic mass is 32.2. The second kappa shape index (κ2) is 13.9. The molecule has 12 nitrogen and oxygen atoms in total. The molecule has 244 valence electrons. The third-order valence-electron chi connectivity index (χ3n) is 8.00. The topological polar surface area (TPSA) is 157 Å². The molecule has 2 N–H and O–H groups in total. The number of fused-ring (bicyclic) bond motifs is 2. The van der Waals surface area contributed by atoms with Crippen LogP contribution in [0.25, 0.3) is 0 Å². The van der Waals surface area contributed by atoms with E-state index in [0.717, 1.165) is 19.3 Å². The van der Waals surface area contributed by atoms with E-state index in [9.17, 15) is 27.6 Å². The quantitative estimate of drug-likeness (QED) is 0.205. The maximum atomic E-state index is 14.1. The lowest BCUT2D eigenvalue weighted by Gasteiger charge is -2.30. The van der Waals surface area contributed by atoms with E-state index in [1.54, 1.807) is 27.7 Å². The van der Waals surface area contributed by atoms with Crippen LogP contribution in [0.1, 0.15) is 72.6 Å². The summed E-state index contributed by atoms with van der Waals surface area (Å²) in [4.78, 5) is 54.9. The van der Waals surface area contributed by atoms with Crippen LogP contribution in [0.2, 0.25) is 0 Å². The highest BCUT2D eigenvalue weighted by Gasteiger charge is 2.62. The Morgan fingerprint density at radius 2 is 1.84 bits per heavy atom. The molecule has 0 spiro atoms. The molecule has 2 aliphatic heterocycles. The largest absolute Gasteiger partial charge is 0.464 e. The van der Waals surface area contributed by atoms with Gasteiger partial charge in [0.2, 0.25) is 11.8 Å². The molecular formula is C31H42BN3O9S. The van der Waals surface area contributed by atoms with Crippen LogP contribution in [0.4, 0.5) is 4.79 Å². The summed E-state index contributed by atoms with van der Waals surface area (Å²) < 4.78 is 42.5. The average Bonchev–Trinajstić information content (AvgIpc) is 3.48. The van der Waals surface area contributed by atoms with Gasteiger partial charge in [-0.25, -0.2) is 9.59 Å². The summed E-state index contributed by atoms with van der Waals surface area (Å²) in [5.41, 5.74) is -1.73. The van der Waals surface area contributed by atoms with E-state index < -0.39 is 63.3 Å². The first-order chi connectivity index (χ1) is 21.1. The molecular weight excluding hydrogens is 601 g/mol. The van der Waals surface area contributed by atoms with Gasteiger partial charge in [-0.15, -0.1) is 0 Å². The van der Waals surface area contributed by atoms with E-state index in [1.165, 1.54) is 29.2 Å². The summed E-state index contributed by atoms with van der Waals surface area (Å²) in [5.74, 6) is -2.08. The number of alkyl carbamates (subject to hydrolysis) is 1. The number of amides is 3. The van der Waals surface area contributed by atoms with E-state index >= 15 is 0 Å². The van der Waals surface area contributed by atoms with E-state index in [4.69, 9.17) is 21.5 Å². The van der Waals surface area contributed by atoms with Crippen molar-refractivity contribution in [3.63, 3.8) is 0 Å². The van der Waals surface area contributed by atoms with Crippen molar-refractivity contribution in [1.29, 1.82) is 0 Å². The fourth-order valence-corrected chi connectivity index (χ4v) is 6.77. The third-order valence-corrected chi connectivity index (χ3v) is 9.38. The first-order valence-corrected chi connectivity index (χ1v) is 16.8. The Morgan fingerprint density at radius 3 is 2.51 bits per heavy atom. The van der Waals surface area contributed by atoms with Gasteiger partial charge in [0.15, 0.2) is 0 Å². The summed E-state index contributed by atoms with van der Waals surface area (Å²) in [6.07, 6.45) is 5.41. The Balaban J connectivity index is 1.65. The molecule has 0 aromatic heterocycles. The second-order valence-electron chi connectivity index (χ2n) is 12.7. The maximum absolute atomic E-state index is 14.1. The molecule has 4 rings (SSSR count). The molecule has 1 saturated carbocycles. The molecule has 1 aromatic carbocycles. The lowest BCUT2D eigenvalue weighted by Crippen LogP contribution is -2.56. The van der Waals surface area contributed by atoms with Crippen LogP contribution in [0.3, 0.4) is 0 Å². The molecule has 2 radical (unpaired) electrons. The SMILES string of the molecule is [B]c1ccc(S(=O)(=O)O[C@H]2C[C@H]3C(=O)N[C@]4(C(=O)OCC)C[C@H]4/C=C\CCCCC[C@H](NC(=O)OC(C)(C)C)C(=O)N3C2)cc1. The number of carbonyl (C=O) groups is 4. The Hall–Kier alpha value is -3.39. The highest BCUT2D eigenvalue weighted by molar-refractivity contribution is 7.86. The second-order valence-corrected chi connectivity index (χ2v) is 14.3. The number of allylic oxidation sites excluding steroid dienone is 1. The van der Waals surface area contributed by atoms with Crippen LogP contribution in [0.5, 0.6) is 0 Å². The molecule has 0 unspecified atom stereocenters. The van der Waals surface area contributed by atoms with Gasteiger partial charge in [0, 0.05) is 18.9 Å². The predicted molar refractivity (Wildman–Crippen MR) is 165 cm³/mol. The van der Waals surface area contributed by atoms with Gasteiger partial charge in [-0.2, -0.15) is 8.42 Å². The van der Waals surface area contributed by atoms with Crippen molar-refractivity contribution in [1.82, 2.24) is 15.5 Å². The number of esters is 1. The van der Waals surface area contributed by atoms with E-state index in [1.807, 2.05) is 12.2 Å². The van der Waals surface area contributed by atoms with Gasteiger partial charge in [-0.3, -0.25) is 13.8 Å². The number of nitrogens with zero attached hydrogens (tertiary/aromatic N) is 1. The zero-order valence-electron chi connectivity index (χ0n) is 26.2. The molecule has 1 aliphatic carbocycles. The van der Waals surface area contributed by atoms with Crippen molar-refractivity contribution in [2.75, 3.05) is 13.2 Å². The fourth-order valence-electron chi connectivity index (χ4n) is 5.70. The zero-order valence-corrected chi connectivity index (χ0v) is 27.1.